The van der Waals surface area contributed by atoms with E-state index in [2.05, 4.69) is 30.0 Å². The molecular formula is C10H14N2O2S. The van der Waals surface area contributed by atoms with Crippen LogP contribution in [0.2, 0.25) is 0 Å². The summed E-state index contributed by atoms with van der Waals surface area (Å²) in [5.41, 5.74) is 0. The van der Waals surface area contributed by atoms with Gasteiger partial charge in [-0.2, -0.15) is 0 Å². The van der Waals surface area contributed by atoms with Crippen LogP contribution in [0.1, 0.15) is 0 Å². The van der Waals surface area contributed by atoms with E-state index in [0.29, 0.717) is 17.2 Å². The van der Waals surface area contributed by atoms with Crippen molar-refractivity contribution < 1.29 is 9.90 Å². The van der Waals surface area contributed by atoms with Crippen molar-refractivity contribution in [3.05, 3.63) is 36.8 Å². The van der Waals surface area contributed by atoms with E-state index in [0.717, 1.165) is 0 Å². The van der Waals surface area contributed by atoms with E-state index >= 15 is 0 Å². The predicted molar refractivity (Wildman–Crippen MR) is 65.5 cm³/mol. The standard InChI is InChI=1S/C10H14N2O2S/c1-4-6-11-9(12-10(13)14)8(3)15-7-5-2/h4-5H,1-3,6-7H2,(H,11,12)(H,13,14). The third kappa shape index (κ3) is 6.56. The first kappa shape index (κ1) is 13.5. The first-order valence-corrected chi connectivity index (χ1v) is 5.18. The van der Waals surface area contributed by atoms with E-state index in [-0.39, 0.29) is 5.84 Å². The van der Waals surface area contributed by atoms with Gasteiger partial charge < -0.3 is 5.11 Å². The van der Waals surface area contributed by atoms with Crippen molar-refractivity contribution in [1.82, 2.24) is 5.32 Å². The number of thioether (sulfide) groups is 1. The van der Waals surface area contributed by atoms with E-state index in [1.165, 1.54) is 11.8 Å². The lowest BCUT2D eigenvalue weighted by Crippen LogP contribution is -2.29. The number of amides is 1. The van der Waals surface area contributed by atoms with Gasteiger partial charge in [0, 0.05) is 10.7 Å². The van der Waals surface area contributed by atoms with E-state index in [1.54, 1.807) is 12.2 Å². The van der Waals surface area contributed by atoms with Crippen LogP contribution in [0.25, 0.3) is 0 Å². The summed E-state index contributed by atoms with van der Waals surface area (Å²) in [4.78, 5) is 15.0. The van der Waals surface area contributed by atoms with Crippen LogP contribution in [0.3, 0.4) is 0 Å². The molecular weight excluding hydrogens is 212 g/mol. The van der Waals surface area contributed by atoms with Gasteiger partial charge in [0.25, 0.3) is 0 Å². The monoisotopic (exact) mass is 226 g/mol. The Balaban J connectivity index is 4.46. The number of rotatable bonds is 6. The molecule has 0 aliphatic rings. The highest BCUT2D eigenvalue weighted by Crippen LogP contribution is 2.14. The molecule has 0 rings (SSSR count). The van der Waals surface area contributed by atoms with Gasteiger partial charge in [-0.05, 0) is 0 Å². The molecule has 0 aromatic rings. The molecule has 0 fully saturated rings. The molecule has 0 unspecified atom stereocenters. The molecule has 5 heteroatoms. The van der Waals surface area contributed by atoms with E-state index in [4.69, 9.17) is 5.11 Å². The van der Waals surface area contributed by atoms with Crippen molar-refractivity contribution in [1.29, 1.82) is 0 Å². The Labute approximate surface area is 93.5 Å². The zero-order valence-electron chi connectivity index (χ0n) is 8.40. The molecule has 4 nitrogen and oxygen atoms in total. The Bertz CT molecular complexity index is 298. The normalized spacial score (nSPS) is 10.5. The van der Waals surface area contributed by atoms with Crippen molar-refractivity contribution >= 4 is 23.7 Å². The van der Waals surface area contributed by atoms with E-state index < -0.39 is 6.09 Å². The molecule has 1 amide bonds. The third-order valence-corrected chi connectivity index (χ3v) is 2.19. The van der Waals surface area contributed by atoms with Crippen LogP contribution in [0.4, 0.5) is 4.79 Å². The average molecular weight is 226 g/mol. The highest BCUT2D eigenvalue weighted by atomic mass is 32.2. The lowest BCUT2D eigenvalue weighted by Gasteiger charge is -2.07. The summed E-state index contributed by atoms with van der Waals surface area (Å²) >= 11 is 1.37. The minimum atomic E-state index is -1.15. The molecule has 15 heavy (non-hydrogen) atoms. The summed E-state index contributed by atoms with van der Waals surface area (Å²) in [6.07, 6.45) is 2.13. The molecule has 0 bridgehead atoms. The van der Waals surface area contributed by atoms with Gasteiger partial charge in [-0.25, -0.2) is 4.79 Å². The van der Waals surface area contributed by atoms with Crippen molar-refractivity contribution in [3.8, 4) is 0 Å². The second-order valence-electron chi connectivity index (χ2n) is 2.43. The van der Waals surface area contributed by atoms with Gasteiger partial charge >= 0.3 is 6.09 Å². The summed E-state index contributed by atoms with van der Waals surface area (Å²) in [5.74, 6) is 0.919. The Hall–Kier alpha value is -1.49. The quantitative estimate of drug-likeness (QED) is 0.415. The maximum Gasteiger partial charge on any atom is 0.410 e. The summed E-state index contributed by atoms with van der Waals surface area (Å²) in [7, 11) is 0. The Morgan fingerprint density at radius 3 is 2.60 bits per heavy atom. The second kappa shape index (κ2) is 7.87. The van der Waals surface area contributed by atoms with Gasteiger partial charge in [0.2, 0.25) is 0 Å². The number of hydrogen-bond donors (Lipinski definition) is 2. The van der Waals surface area contributed by atoms with Crippen molar-refractivity contribution in [3.63, 3.8) is 0 Å². The molecule has 0 spiro atoms. The van der Waals surface area contributed by atoms with Crippen molar-refractivity contribution in [2.24, 2.45) is 4.99 Å². The fourth-order valence-electron chi connectivity index (χ4n) is 0.682. The van der Waals surface area contributed by atoms with Crippen LogP contribution < -0.4 is 5.32 Å². The van der Waals surface area contributed by atoms with Gasteiger partial charge in [0.1, 0.15) is 5.84 Å². The Morgan fingerprint density at radius 1 is 1.47 bits per heavy atom. The SMILES string of the molecule is C=CCN=C(NC(=O)O)C(=C)SCC=C. The molecule has 0 aromatic carbocycles. The lowest BCUT2D eigenvalue weighted by molar-refractivity contribution is 0.200. The fraction of sp³-hybridized carbons (Fsp3) is 0.200. The van der Waals surface area contributed by atoms with E-state index in [9.17, 15) is 4.79 Å². The minimum absolute atomic E-state index is 0.259. The van der Waals surface area contributed by atoms with Gasteiger partial charge in [0.05, 0.1) is 6.54 Å². The molecule has 2 N–H and O–H groups in total. The van der Waals surface area contributed by atoms with Gasteiger partial charge in [0.15, 0.2) is 0 Å². The number of aliphatic imine (C=N–C) groups is 1. The molecule has 0 saturated carbocycles. The molecule has 0 aliphatic heterocycles. The van der Waals surface area contributed by atoms with Gasteiger partial charge in [-0.3, -0.25) is 10.3 Å². The summed E-state index contributed by atoms with van der Waals surface area (Å²) < 4.78 is 0. The Kier molecular flexibility index (Phi) is 7.09. The van der Waals surface area contributed by atoms with Gasteiger partial charge in [-0.1, -0.05) is 18.7 Å². The summed E-state index contributed by atoms with van der Waals surface area (Å²) in [5, 5.41) is 10.8. The number of carboxylic acid groups (broad SMARTS) is 1. The van der Waals surface area contributed by atoms with Crippen LogP contribution in [0.5, 0.6) is 0 Å². The molecule has 0 saturated heterocycles. The average Bonchev–Trinajstić information content (AvgIpc) is 2.20. The molecule has 0 aromatic heterocycles. The first-order chi connectivity index (χ1) is 7.11. The zero-order chi connectivity index (χ0) is 11.7. The van der Waals surface area contributed by atoms with Crippen molar-refractivity contribution in [2.75, 3.05) is 12.3 Å². The van der Waals surface area contributed by atoms with E-state index in [1.807, 2.05) is 0 Å². The summed E-state index contributed by atoms with van der Waals surface area (Å²) in [6.45, 7) is 11.1. The first-order valence-electron chi connectivity index (χ1n) is 4.20. The molecule has 0 atom stereocenters. The number of carbonyl (C=O) groups is 1. The molecule has 82 valence electrons. The fourth-order valence-corrected chi connectivity index (χ4v) is 1.25. The topological polar surface area (TPSA) is 61.7 Å². The predicted octanol–water partition coefficient (Wildman–Crippen LogP) is 2.27. The second-order valence-corrected chi connectivity index (χ2v) is 3.55. The Morgan fingerprint density at radius 2 is 2.13 bits per heavy atom. The number of hydrogen-bond acceptors (Lipinski definition) is 3. The highest BCUT2D eigenvalue weighted by molar-refractivity contribution is 8.04. The lowest BCUT2D eigenvalue weighted by atomic mass is 10.5. The number of nitrogens with zero attached hydrogens (tertiary/aromatic N) is 1. The van der Waals surface area contributed by atoms with Crippen LogP contribution >= 0.6 is 11.8 Å². The highest BCUT2D eigenvalue weighted by Gasteiger charge is 2.07. The van der Waals surface area contributed by atoms with Crippen LogP contribution in [-0.4, -0.2) is 29.3 Å². The maximum absolute atomic E-state index is 10.5. The maximum atomic E-state index is 10.5. The number of amidine groups is 1. The molecule has 0 radical (unpaired) electrons. The minimum Gasteiger partial charge on any atom is -0.465 e. The molecule has 0 heterocycles. The van der Waals surface area contributed by atoms with Crippen molar-refractivity contribution in [2.45, 2.75) is 0 Å². The largest absolute Gasteiger partial charge is 0.465 e. The zero-order valence-corrected chi connectivity index (χ0v) is 9.22. The number of nitrogens with one attached hydrogen (secondary N) is 1. The van der Waals surface area contributed by atoms with Gasteiger partial charge in [-0.15, -0.1) is 24.9 Å². The van der Waals surface area contributed by atoms with Crippen LogP contribution in [0, 0.1) is 0 Å². The molecule has 0 aliphatic carbocycles. The van der Waals surface area contributed by atoms with Crippen LogP contribution in [-0.2, 0) is 0 Å². The summed E-state index contributed by atoms with van der Waals surface area (Å²) in [6, 6.07) is 0. The van der Waals surface area contributed by atoms with Crippen LogP contribution in [0.15, 0.2) is 41.8 Å². The smallest absolute Gasteiger partial charge is 0.410 e. The third-order valence-electron chi connectivity index (χ3n) is 1.24.